The Morgan fingerprint density at radius 2 is 1.95 bits per heavy atom. The first-order valence-electron chi connectivity index (χ1n) is 7.49. The highest BCUT2D eigenvalue weighted by molar-refractivity contribution is 7.99. The predicted molar refractivity (Wildman–Crippen MR) is 82.3 cm³/mol. The number of nitrogens with zero attached hydrogens (tertiary/aromatic N) is 1. The summed E-state index contributed by atoms with van der Waals surface area (Å²) in [7, 11) is 1.36. The fourth-order valence-corrected chi connectivity index (χ4v) is 3.82. The molecule has 1 aliphatic carbocycles. The smallest absolute Gasteiger partial charge is 0.411 e. The van der Waals surface area contributed by atoms with E-state index in [0.717, 1.165) is 11.7 Å². The molecular weight excluding hydrogens is 290 g/mol. The van der Waals surface area contributed by atoms with Crippen LogP contribution < -0.4 is 0 Å². The lowest BCUT2D eigenvalue weighted by molar-refractivity contribution is -0.145. The lowest BCUT2D eigenvalue weighted by Gasteiger charge is -2.27. The molecule has 1 amide bonds. The average molecular weight is 315 g/mol. The molecule has 6 heteroatoms. The summed E-state index contributed by atoms with van der Waals surface area (Å²) < 4.78 is 10.2. The molecule has 1 aliphatic heterocycles. The lowest BCUT2D eigenvalue weighted by atomic mass is 10.2. The normalized spacial score (nSPS) is 25.8. The van der Waals surface area contributed by atoms with Gasteiger partial charge in [-0.05, 0) is 51.7 Å². The molecule has 0 bridgehead atoms. The van der Waals surface area contributed by atoms with Gasteiger partial charge in [0.25, 0.3) is 0 Å². The third-order valence-corrected chi connectivity index (χ3v) is 5.11. The maximum Gasteiger partial charge on any atom is 0.411 e. The number of thioether (sulfide) groups is 1. The number of esters is 1. The molecule has 0 aromatic rings. The van der Waals surface area contributed by atoms with Crippen molar-refractivity contribution >= 4 is 23.8 Å². The summed E-state index contributed by atoms with van der Waals surface area (Å²) in [6, 6.07) is -0.512. The van der Waals surface area contributed by atoms with Crippen molar-refractivity contribution in [1.82, 2.24) is 4.90 Å². The van der Waals surface area contributed by atoms with Gasteiger partial charge in [-0.2, -0.15) is 11.8 Å². The molecule has 2 fully saturated rings. The summed E-state index contributed by atoms with van der Waals surface area (Å²) in [5, 5.41) is 0.294. The molecule has 1 heterocycles. The van der Waals surface area contributed by atoms with Crippen LogP contribution in [0.4, 0.5) is 4.79 Å². The summed E-state index contributed by atoms with van der Waals surface area (Å²) in [6.45, 7) is 6.04. The number of hydrogen-bond donors (Lipinski definition) is 0. The molecule has 2 aliphatic rings. The molecule has 21 heavy (non-hydrogen) atoms. The van der Waals surface area contributed by atoms with Crippen LogP contribution in [0.25, 0.3) is 0 Å². The van der Waals surface area contributed by atoms with Crippen LogP contribution in [-0.4, -0.2) is 53.3 Å². The van der Waals surface area contributed by atoms with Crippen LogP contribution in [0, 0.1) is 5.92 Å². The Labute approximate surface area is 130 Å². The Balaban J connectivity index is 1.97. The molecule has 0 aromatic heterocycles. The van der Waals surface area contributed by atoms with Gasteiger partial charge in [-0.15, -0.1) is 0 Å². The summed E-state index contributed by atoms with van der Waals surface area (Å²) in [5.41, 5.74) is -0.559. The molecular formula is C15H25NO4S. The zero-order valence-corrected chi connectivity index (χ0v) is 14.1. The Hall–Kier alpha value is -0.910. The van der Waals surface area contributed by atoms with Crippen molar-refractivity contribution in [3.63, 3.8) is 0 Å². The Bertz CT molecular complexity index is 403. The van der Waals surface area contributed by atoms with Crippen molar-refractivity contribution in [3.8, 4) is 0 Å². The molecule has 1 saturated carbocycles. The van der Waals surface area contributed by atoms with Gasteiger partial charge in [0.1, 0.15) is 11.6 Å². The number of carbonyl (C=O) groups is 2. The highest BCUT2D eigenvalue weighted by Crippen LogP contribution is 2.37. The van der Waals surface area contributed by atoms with E-state index in [9.17, 15) is 9.59 Å². The van der Waals surface area contributed by atoms with Gasteiger partial charge in [-0.25, -0.2) is 9.59 Å². The van der Waals surface area contributed by atoms with Crippen LogP contribution in [0.1, 0.15) is 40.0 Å². The maximum atomic E-state index is 12.3. The van der Waals surface area contributed by atoms with Crippen LogP contribution in [0.15, 0.2) is 0 Å². The Morgan fingerprint density at radius 1 is 1.29 bits per heavy atom. The van der Waals surface area contributed by atoms with E-state index in [1.807, 2.05) is 32.5 Å². The fourth-order valence-electron chi connectivity index (χ4n) is 2.36. The van der Waals surface area contributed by atoms with Gasteiger partial charge < -0.3 is 9.47 Å². The Morgan fingerprint density at radius 3 is 2.48 bits per heavy atom. The molecule has 0 aromatic carbocycles. The van der Waals surface area contributed by atoms with Crippen LogP contribution >= 0.6 is 11.8 Å². The summed E-state index contributed by atoms with van der Waals surface area (Å²) in [4.78, 5) is 25.7. The van der Waals surface area contributed by atoms with Crippen LogP contribution in [-0.2, 0) is 14.3 Å². The van der Waals surface area contributed by atoms with E-state index in [4.69, 9.17) is 9.47 Å². The van der Waals surface area contributed by atoms with Crippen molar-refractivity contribution in [2.75, 3.05) is 19.4 Å². The average Bonchev–Trinajstić information content (AvgIpc) is 3.11. The van der Waals surface area contributed by atoms with Crippen LogP contribution in [0.2, 0.25) is 0 Å². The number of amides is 1. The quantitative estimate of drug-likeness (QED) is 0.747. The maximum absolute atomic E-state index is 12.3. The van der Waals surface area contributed by atoms with Gasteiger partial charge in [0.2, 0.25) is 0 Å². The van der Waals surface area contributed by atoms with Crippen molar-refractivity contribution < 1.29 is 19.1 Å². The van der Waals surface area contributed by atoms with Crippen LogP contribution in [0.3, 0.4) is 0 Å². The summed E-state index contributed by atoms with van der Waals surface area (Å²) in [6.07, 6.45) is 2.86. The molecule has 0 radical (unpaired) electrons. The summed E-state index contributed by atoms with van der Waals surface area (Å²) in [5.74, 6) is 1.61. The van der Waals surface area contributed by atoms with E-state index in [2.05, 4.69) is 0 Å². The molecule has 2 rings (SSSR count). The summed E-state index contributed by atoms with van der Waals surface area (Å²) >= 11 is 1.87. The van der Waals surface area contributed by atoms with E-state index in [1.54, 1.807) is 0 Å². The van der Waals surface area contributed by atoms with Gasteiger partial charge in [-0.1, -0.05) is 0 Å². The minimum atomic E-state index is -0.559. The second-order valence-electron chi connectivity index (χ2n) is 6.81. The van der Waals surface area contributed by atoms with E-state index >= 15 is 0 Å². The molecule has 0 N–H and O–H groups in total. The highest BCUT2D eigenvalue weighted by atomic mass is 32.2. The SMILES string of the molecule is COC(=O)[C@@H]1C[C@@H](SCC2CC2)CN1C(=O)OC(C)(C)C. The molecule has 120 valence electrons. The lowest BCUT2D eigenvalue weighted by Crippen LogP contribution is -2.43. The number of rotatable bonds is 4. The van der Waals surface area contributed by atoms with Gasteiger partial charge in [-0.3, -0.25) is 4.90 Å². The zero-order valence-electron chi connectivity index (χ0n) is 13.3. The zero-order chi connectivity index (χ0) is 15.6. The molecule has 0 spiro atoms. The highest BCUT2D eigenvalue weighted by Gasteiger charge is 2.42. The second-order valence-corrected chi connectivity index (χ2v) is 8.14. The fraction of sp³-hybridized carbons (Fsp3) is 0.867. The molecule has 5 nitrogen and oxygen atoms in total. The van der Waals surface area contributed by atoms with E-state index in [0.29, 0.717) is 18.2 Å². The Kier molecular flexibility index (Phi) is 5.07. The minimum Gasteiger partial charge on any atom is -0.467 e. The van der Waals surface area contributed by atoms with Crippen molar-refractivity contribution in [1.29, 1.82) is 0 Å². The van der Waals surface area contributed by atoms with E-state index < -0.39 is 17.7 Å². The van der Waals surface area contributed by atoms with Crippen molar-refractivity contribution in [3.05, 3.63) is 0 Å². The van der Waals surface area contributed by atoms with Crippen LogP contribution in [0.5, 0.6) is 0 Å². The number of hydrogen-bond acceptors (Lipinski definition) is 5. The number of carbonyl (C=O) groups excluding carboxylic acids is 2. The van der Waals surface area contributed by atoms with E-state index in [-0.39, 0.29) is 5.97 Å². The van der Waals surface area contributed by atoms with Gasteiger partial charge in [0, 0.05) is 11.8 Å². The standard InChI is InChI=1S/C15H25NO4S/c1-15(2,3)20-14(18)16-8-11(21-9-10-5-6-10)7-12(16)13(17)19-4/h10-12H,5-9H2,1-4H3/t11-,12+/m1/s1. The van der Waals surface area contributed by atoms with Gasteiger partial charge in [0.15, 0.2) is 0 Å². The second kappa shape index (κ2) is 6.46. The largest absolute Gasteiger partial charge is 0.467 e. The van der Waals surface area contributed by atoms with Crippen molar-refractivity contribution in [2.45, 2.75) is 56.9 Å². The minimum absolute atomic E-state index is 0.294. The first-order valence-corrected chi connectivity index (χ1v) is 8.54. The number of methoxy groups -OCH3 is 1. The van der Waals surface area contributed by atoms with Gasteiger partial charge in [0.05, 0.1) is 7.11 Å². The van der Waals surface area contributed by atoms with Crippen molar-refractivity contribution in [2.24, 2.45) is 5.92 Å². The predicted octanol–water partition coefficient (Wildman–Crippen LogP) is 2.68. The first kappa shape index (κ1) is 16.5. The van der Waals surface area contributed by atoms with Gasteiger partial charge >= 0.3 is 12.1 Å². The third kappa shape index (κ3) is 4.80. The molecule has 2 atom stereocenters. The monoisotopic (exact) mass is 315 g/mol. The van der Waals surface area contributed by atoms with E-state index in [1.165, 1.54) is 24.9 Å². The number of ether oxygens (including phenoxy) is 2. The third-order valence-electron chi connectivity index (χ3n) is 3.63. The molecule has 0 unspecified atom stereocenters. The number of likely N-dealkylation sites (tertiary alicyclic amines) is 1. The first-order chi connectivity index (χ1) is 9.80. The topological polar surface area (TPSA) is 55.8 Å². The molecule has 1 saturated heterocycles.